The number of benzene rings is 1. The van der Waals surface area contributed by atoms with E-state index >= 15 is 0 Å². The normalized spacial score (nSPS) is 12.6. The average Bonchev–Trinajstić information content (AvgIpc) is 3.28. The van der Waals surface area contributed by atoms with E-state index in [0.29, 0.717) is 23.2 Å². The van der Waals surface area contributed by atoms with Crippen molar-refractivity contribution in [1.29, 1.82) is 0 Å². The van der Waals surface area contributed by atoms with E-state index in [-0.39, 0.29) is 18.0 Å². The molecule has 0 amide bonds. The van der Waals surface area contributed by atoms with E-state index in [0.717, 1.165) is 22.3 Å². The fraction of sp³-hybridized carbons (Fsp3) is 0.273. The molecule has 0 aliphatic rings. The summed E-state index contributed by atoms with van der Waals surface area (Å²) in [5, 5.41) is 0. The molecular formula is C22H18F6N4. The van der Waals surface area contributed by atoms with Gasteiger partial charge in [-0.05, 0) is 47.9 Å². The second kappa shape index (κ2) is 7.99. The van der Waals surface area contributed by atoms with Crippen LogP contribution in [0.4, 0.5) is 26.3 Å². The van der Waals surface area contributed by atoms with Gasteiger partial charge in [0.05, 0.1) is 17.8 Å². The van der Waals surface area contributed by atoms with Crippen LogP contribution in [0.25, 0.3) is 22.4 Å². The fourth-order valence-electron chi connectivity index (χ4n) is 3.75. The van der Waals surface area contributed by atoms with Crippen LogP contribution < -0.4 is 0 Å². The summed E-state index contributed by atoms with van der Waals surface area (Å²) in [6, 6.07) is 9.81. The maximum Gasteiger partial charge on any atom is 0.416 e. The molecule has 4 nitrogen and oxygen atoms in total. The van der Waals surface area contributed by atoms with Crippen LogP contribution in [0.1, 0.15) is 23.9 Å². The number of nitrogens with zero attached hydrogens (tertiary/aromatic N) is 4. The van der Waals surface area contributed by atoms with Gasteiger partial charge in [0, 0.05) is 12.4 Å². The van der Waals surface area contributed by atoms with Crippen molar-refractivity contribution in [3.05, 3.63) is 71.8 Å². The van der Waals surface area contributed by atoms with Crippen LogP contribution in [0.15, 0.2) is 54.9 Å². The molecule has 0 atom stereocenters. The Morgan fingerprint density at radius 2 is 1.75 bits per heavy atom. The number of hydrogen-bond donors (Lipinski definition) is 0. The van der Waals surface area contributed by atoms with Crippen LogP contribution >= 0.6 is 0 Å². The second-order valence-electron chi connectivity index (χ2n) is 7.33. The number of pyridine rings is 1. The highest BCUT2D eigenvalue weighted by atomic mass is 19.4. The Morgan fingerprint density at radius 3 is 2.44 bits per heavy atom. The number of imidazole rings is 1. The maximum atomic E-state index is 13.2. The lowest BCUT2D eigenvalue weighted by Crippen LogP contribution is -2.21. The maximum absolute atomic E-state index is 13.2. The second-order valence-corrected chi connectivity index (χ2v) is 7.33. The van der Waals surface area contributed by atoms with Crippen LogP contribution in [0.5, 0.6) is 0 Å². The largest absolute Gasteiger partial charge is 0.416 e. The van der Waals surface area contributed by atoms with Gasteiger partial charge in [0.15, 0.2) is 5.65 Å². The Hall–Kier alpha value is -3.30. The number of rotatable bonds is 5. The zero-order chi connectivity index (χ0) is 23.1. The predicted molar refractivity (Wildman–Crippen MR) is 107 cm³/mol. The molecule has 0 fully saturated rings. The quantitative estimate of drug-likeness (QED) is 0.344. The predicted octanol–water partition coefficient (Wildman–Crippen LogP) is 6.09. The highest BCUT2D eigenvalue weighted by Gasteiger charge is 2.32. The van der Waals surface area contributed by atoms with Crippen LogP contribution in [-0.4, -0.2) is 25.3 Å². The lowest BCUT2D eigenvalue weighted by atomic mass is 10.0. The topological polar surface area (TPSA) is 35.6 Å². The van der Waals surface area contributed by atoms with E-state index in [2.05, 4.69) is 9.97 Å². The van der Waals surface area contributed by atoms with Gasteiger partial charge in [0.1, 0.15) is 17.9 Å². The van der Waals surface area contributed by atoms with E-state index in [1.165, 1.54) is 12.3 Å². The molecule has 168 valence electrons. The molecule has 0 spiro atoms. The summed E-state index contributed by atoms with van der Waals surface area (Å²) >= 11 is 0. The van der Waals surface area contributed by atoms with Gasteiger partial charge in [-0.15, -0.1) is 0 Å². The number of halogens is 6. The van der Waals surface area contributed by atoms with Crippen molar-refractivity contribution in [2.24, 2.45) is 0 Å². The Balaban J connectivity index is 1.82. The summed E-state index contributed by atoms with van der Waals surface area (Å²) in [6.07, 6.45) is -5.42. The average molecular weight is 452 g/mol. The minimum atomic E-state index is -4.51. The minimum Gasteiger partial charge on any atom is -0.340 e. The van der Waals surface area contributed by atoms with E-state index in [9.17, 15) is 26.3 Å². The summed E-state index contributed by atoms with van der Waals surface area (Å²) in [5.41, 5.74) is 1.24. The van der Waals surface area contributed by atoms with Gasteiger partial charge in [0.2, 0.25) is 0 Å². The number of alkyl halides is 6. The Labute approximate surface area is 179 Å². The van der Waals surface area contributed by atoms with Gasteiger partial charge >= 0.3 is 12.4 Å². The van der Waals surface area contributed by atoms with Crippen molar-refractivity contribution in [3.8, 4) is 11.3 Å². The van der Waals surface area contributed by atoms with Crippen molar-refractivity contribution in [1.82, 2.24) is 19.1 Å². The summed E-state index contributed by atoms with van der Waals surface area (Å²) in [5.74, 6) is 0.113. The van der Waals surface area contributed by atoms with Crippen LogP contribution in [0.2, 0.25) is 0 Å². The first-order valence-electron chi connectivity index (χ1n) is 9.79. The summed E-state index contributed by atoms with van der Waals surface area (Å²) in [4.78, 5) is 8.35. The van der Waals surface area contributed by atoms with Crippen LogP contribution in [-0.2, 0) is 25.7 Å². The first-order valence-corrected chi connectivity index (χ1v) is 9.79. The zero-order valence-electron chi connectivity index (χ0n) is 16.9. The first-order chi connectivity index (χ1) is 15.1. The van der Waals surface area contributed by atoms with Crippen LogP contribution in [0, 0.1) is 0 Å². The Bertz CT molecular complexity index is 1250. The van der Waals surface area contributed by atoms with Crippen molar-refractivity contribution in [2.45, 2.75) is 38.8 Å². The van der Waals surface area contributed by atoms with Crippen molar-refractivity contribution in [3.63, 3.8) is 0 Å². The minimum absolute atomic E-state index is 0.0575. The molecule has 4 aromatic rings. The van der Waals surface area contributed by atoms with Gasteiger partial charge in [-0.1, -0.05) is 19.1 Å². The molecule has 3 aromatic heterocycles. The molecule has 0 radical (unpaired) electrons. The Morgan fingerprint density at radius 1 is 0.969 bits per heavy atom. The molecule has 0 saturated heterocycles. The van der Waals surface area contributed by atoms with E-state index in [1.54, 1.807) is 35.0 Å². The molecule has 0 bridgehead atoms. The summed E-state index contributed by atoms with van der Waals surface area (Å²) in [6.45, 7) is 0.536. The molecule has 0 N–H and O–H groups in total. The molecular weight excluding hydrogens is 434 g/mol. The number of fused-ring (bicyclic) bond motifs is 1. The molecule has 32 heavy (non-hydrogen) atoms. The van der Waals surface area contributed by atoms with Crippen LogP contribution in [0.3, 0.4) is 0 Å². The molecule has 1 aromatic carbocycles. The summed E-state index contributed by atoms with van der Waals surface area (Å²) < 4.78 is 82.0. The number of aromatic nitrogens is 4. The van der Waals surface area contributed by atoms with Crippen molar-refractivity contribution < 1.29 is 26.3 Å². The van der Waals surface area contributed by atoms with Gasteiger partial charge in [-0.25, -0.2) is 9.97 Å². The van der Waals surface area contributed by atoms with Gasteiger partial charge in [-0.3, -0.25) is 0 Å². The zero-order valence-corrected chi connectivity index (χ0v) is 16.9. The molecule has 0 aliphatic carbocycles. The third-order valence-electron chi connectivity index (χ3n) is 5.12. The van der Waals surface area contributed by atoms with Gasteiger partial charge in [0.25, 0.3) is 0 Å². The molecule has 3 heterocycles. The SMILES string of the molecule is CCc1ccn(Cc2nc3cccnc3n2CC(F)(F)F)c1-c1cccc(C(F)(F)F)c1. The standard InChI is InChI=1S/C22H18F6N4/c1-2-14-8-10-31(19(14)15-5-3-6-16(11-15)22(26,27)28)12-18-30-17-7-4-9-29-20(17)32(18)13-21(23,24)25/h3-11H,2,12-13H2,1H3. The number of aryl methyl sites for hydroxylation is 1. The first kappa shape index (κ1) is 21.9. The van der Waals surface area contributed by atoms with E-state index in [1.807, 2.05) is 6.92 Å². The molecule has 0 saturated carbocycles. The van der Waals surface area contributed by atoms with E-state index in [4.69, 9.17) is 0 Å². The Kier molecular flexibility index (Phi) is 5.47. The number of hydrogen-bond acceptors (Lipinski definition) is 2. The van der Waals surface area contributed by atoms with Gasteiger partial charge in [-0.2, -0.15) is 26.3 Å². The fourth-order valence-corrected chi connectivity index (χ4v) is 3.75. The highest BCUT2D eigenvalue weighted by Crippen LogP contribution is 2.34. The molecule has 0 aliphatic heterocycles. The molecule has 0 unspecified atom stereocenters. The van der Waals surface area contributed by atoms with Crippen molar-refractivity contribution in [2.75, 3.05) is 0 Å². The third kappa shape index (κ3) is 4.35. The monoisotopic (exact) mass is 452 g/mol. The lowest BCUT2D eigenvalue weighted by molar-refractivity contribution is -0.140. The molecule has 10 heteroatoms. The molecule has 4 rings (SSSR count). The van der Waals surface area contributed by atoms with Crippen molar-refractivity contribution >= 4 is 11.2 Å². The summed E-state index contributed by atoms with van der Waals surface area (Å²) in [7, 11) is 0. The lowest BCUT2D eigenvalue weighted by Gasteiger charge is -2.15. The van der Waals surface area contributed by atoms with E-state index < -0.39 is 24.5 Å². The smallest absolute Gasteiger partial charge is 0.340 e. The van der Waals surface area contributed by atoms with Gasteiger partial charge < -0.3 is 9.13 Å². The highest BCUT2D eigenvalue weighted by molar-refractivity contribution is 5.71. The third-order valence-corrected chi connectivity index (χ3v) is 5.12.